The standard InChI is InChI=1S/C24H35NO4/c1-15-7-10-17-11-8-16-9-12-18(26)23(5)19(16)24(17,20(15)28-23)13-14-25(6)21(27)29-22(2,3)4/h8-9,12,15,17,19-20H,7,10-11,13-14H2,1-6H3/t15-,17+,19?,20+,23?,24+/m0/s1. The zero-order chi connectivity index (χ0) is 21.2. The first-order valence-corrected chi connectivity index (χ1v) is 11.0. The summed E-state index contributed by atoms with van der Waals surface area (Å²) in [6, 6.07) is 0. The summed E-state index contributed by atoms with van der Waals surface area (Å²) in [5, 5.41) is 0. The molecule has 3 aliphatic carbocycles. The fraction of sp³-hybridized carbons (Fsp3) is 0.750. The van der Waals surface area contributed by atoms with E-state index in [-0.39, 0.29) is 29.3 Å². The number of hydrogen-bond donors (Lipinski definition) is 0. The summed E-state index contributed by atoms with van der Waals surface area (Å²) >= 11 is 0. The Morgan fingerprint density at radius 2 is 2.03 bits per heavy atom. The maximum atomic E-state index is 12.9. The highest BCUT2D eigenvalue weighted by molar-refractivity contribution is 6.00. The first kappa shape index (κ1) is 20.6. The molecule has 0 N–H and O–H groups in total. The normalized spacial score (nSPS) is 40.3. The lowest BCUT2D eigenvalue weighted by atomic mass is 9.48. The lowest BCUT2D eigenvalue weighted by Crippen LogP contribution is -2.55. The maximum absolute atomic E-state index is 12.9. The summed E-state index contributed by atoms with van der Waals surface area (Å²) in [5.41, 5.74) is -0.148. The Kier molecular flexibility index (Phi) is 4.77. The molecular formula is C24H35NO4. The third-order valence-electron chi connectivity index (χ3n) is 7.71. The van der Waals surface area contributed by atoms with Gasteiger partial charge in [0.1, 0.15) is 11.2 Å². The van der Waals surface area contributed by atoms with Crippen molar-refractivity contribution in [2.75, 3.05) is 13.6 Å². The second-order valence-corrected chi connectivity index (χ2v) is 10.7. The van der Waals surface area contributed by atoms with Gasteiger partial charge in [-0.15, -0.1) is 0 Å². The highest BCUT2D eigenvalue weighted by atomic mass is 16.6. The van der Waals surface area contributed by atoms with Crippen molar-refractivity contribution in [1.29, 1.82) is 0 Å². The van der Waals surface area contributed by atoms with Gasteiger partial charge in [-0.2, -0.15) is 0 Å². The second-order valence-electron chi connectivity index (χ2n) is 10.7. The SMILES string of the molecule is C[C@H]1CC[C@@H]2CC=C3C=CC(=O)C4(C)O[C@H]1[C@@]2(CCN(C)C(=O)OC(C)(C)C)C34. The molecule has 5 nitrogen and oxygen atoms in total. The Balaban J connectivity index is 1.66. The predicted molar refractivity (Wildman–Crippen MR) is 111 cm³/mol. The Hall–Kier alpha value is -1.62. The van der Waals surface area contributed by atoms with E-state index in [0.29, 0.717) is 18.4 Å². The van der Waals surface area contributed by atoms with Crippen molar-refractivity contribution in [1.82, 2.24) is 4.90 Å². The molecule has 2 unspecified atom stereocenters. The lowest BCUT2D eigenvalue weighted by Gasteiger charge is -2.54. The number of ether oxygens (including phenoxy) is 2. The van der Waals surface area contributed by atoms with Crippen LogP contribution in [-0.2, 0) is 14.3 Å². The largest absolute Gasteiger partial charge is 0.444 e. The Morgan fingerprint density at radius 1 is 1.31 bits per heavy atom. The molecule has 1 aliphatic heterocycles. The first-order chi connectivity index (χ1) is 13.5. The van der Waals surface area contributed by atoms with Gasteiger partial charge in [0.2, 0.25) is 0 Å². The fourth-order valence-corrected chi connectivity index (χ4v) is 6.46. The van der Waals surface area contributed by atoms with Crippen molar-refractivity contribution in [2.24, 2.45) is 23.2 Å². The smallest absolute Gasteiger partial charge is 0.410 e. The van der Waals surface area contributed by atoms with Crippen LogP contribution in [0, 0.1) is 23.2 Å². The van der Waals surface area contributed by atoms with Gasteiger partial charge in [0.05, 0.1) is 6.10 Å². The van der Waals surface area contributed by atoms with Crippen LogP contribution in [0.5, 0.6) is 0 Å². The molecule has 6 atom stereocenters. The average molecular weight is 402 g/mol. The maximum Gasteiger partial charge on any atom is 0.410 e. The number of carbonyl (C=O) groups is 2. The lowest BCUT2D eigenvalue weighted by molar-refractivity contribution is -0.143. The van der Waals surface area contributed by atoms with Crippen LogP contribution in [0.1, 0.15) is 60.3 Å². The molecule has 1 saturated carbocycles. The molecule has 4 rings (SSSR count). The van der Waals surface area contributed by atoms with Crippen LogP contribution in [0.3, 0.4) is 0 Å². The Labute approximate surface area is 174 Å². The van der Waals surface area contributed by atoms with Crippen LogP contribution < -0.4 is 0 Å². The second kappa shape index (κ2) is 6.69. The van der Waals surface area contributed by atoms with E-state index in [1.807, 2.05) is 40.8 Å². The Morgan fingerprint density at radius 3 is 2.72 bits per heavy atom. The fourth-order valence-electron chi connectivity index (χ4n) is 6.46. The number of nitrogens with zero attached hydrogens (tertiary/aromatic N) is 1. The number of hydrogen-bond acceptors (Lipinski definition) is 4. The number of rotatable bonds is 3. The van der Waals surface area contributed by atoms with Crippen LogP contribution in [-0.4, -0.2) is 47.7 Å². The van der Waals surface area contributed by atoms with Gasteiger partial charge in [-0.1, -0.05) is 19.1 Å². The summed E-state index contributed by atoms with van der Waals surface area (Å²) in [4.78, 5) is 27.2. The highest BCUT2D eigenvalue weighted by Crippen LogP contribution is 2.67. The van der Waals surface area contributed by atoms with Crippen molar-refractivity contribution < 1.29 is 19.1 Å². The van der Waals surface area contributed by atoms with E-state index < -0.39 is 11.2 Å². The molecule has 0 aromatic carbocycles. The molecule has 0 spiro atoms. The quantitative estimate of drug-likeness (QED) is 0.698. The van der Waals surface area contributed by atoms with Crippen LogP contribution in [0.4, 0.5) is 4.79 Å². The zero-order valence-electron chi connectivity index (χ0n) is 18.7. The van der Waals surface area contributed by atoms with Gasteiger partial charge < -0.3 is 14.4 Å². The van der Waals surface area contributed by atoms with Gasteiger partial charge >= 0.3 is 6.09 Å². The van der Waals surface area contributed by atoms with Crippen LogP contribution in [0.25, 0.3) is 0 Å². The van der Waals surface area contributed by atoms with E-state index in [2.05, 4.69) is 13.0 Å². The summed E-state index contributed by atoms with van der Waals surface area (Å²) in [6.45, 7) is 10.5. The monoisotopic (exact) mass is 401 g/mol. The van der Waals surface area contributed by atoms with Gasteiger partial charge in [-0.25, -0.2) is 4.79 Å². The van der Waals surface area contributed by atoms with Gasteiger partial charge in [-0.05, 0) is 76.9 Å². The molecule has 29 heavy (non-hydrogen) atoms. The molecule has 160 valence electrons. The van der Waals surface area contributed by atoms with E-state index in [1.54, 1.807) is 11.0 Å². The summed E-state index contributed by atoms with van der Waals surface area (Å²) in [6.07, 6.45) is 9.95. The molecule has 4 aliphatic rings. The molecule has 0 aromatic heterocycles. The van der Waals surface area contributed by atoms with Gasteiger partial charge in [0.15, 0.2) is 5.78 Å². The number of amides is 1. The predicted octanol–water partition coefficient (Wildman–Crippen LogP) is 4.52. The number of allylic oxidation sites excluding steroid dienone is 2. The van der Waals surface area contributed by atoms with Crippen molar-refractivity contribution in [3.05, 3.63) is 23.8 Å². The average Bonchev–Trinajstić information content (AvgIpc) is 2.93. The third-order valence-corrected chi connectivity index (χ3v) is 7.71. The van der Waals surface area contributed by atoms with Crippen molar-refractivity contribution >= 4 is 11.9 Å². The van der Waals surface area contributed by atoms with E-state index >= 15 is 0 Å². The molecule has 5 heteroatoms. The van der Waals surface area contributed by atoms with Crippen LogP contribution in [0.15, 0.2) is 23.8 Å². The molecule has 0 radical (unpaired) electrons. The molecule has 2 fully saturated rings. The zero-order valence-corrected chi connectivity index (χ0v) is 18.7. The van der Waals surface area contributed by atoms with Crippen LogP contribution in [0.2, 0.25) is 0 Å². The van der Waals surface area contributed by atoms with E-state index in [9.17, 15) is 9.59 Å². The van der Waals surface area contributed by atoms with Crippen LogP contribution >= 0.6 is 0 Å². The third kappa shape index (κ3) is 3.08. The highest BCUT2D eigenvalue weighted by Gasteiger charge is 2.70. The van der Waals surface area contributed by atoms with Crippen molar-refractivity contribution in [3.8, 4) is 0 Å². The van der Waals surface area contributed by atoms with Gasteiger partial charge in [-0.3, -0.25) is 4.79 Å². The van der Waals surface area contributed by atoms with Crippen molar-refractivity contribution in [3.63, 3.8) is 0 Å². The first-order valence-electron chi connectivity index (χ1n) is 11.0. The van der Waals surface area contributed by atoms with Gasteiger partial charge in [0, 0.05) is 24.9 Å². The number of ketones is 1. The topological polar surface area (TPSA) is 55.8 Å². The summed E-state index contributed by atoms with van der Waals surface area (Å²) in [7, 11) is 1.81. The van der Waals surface area contributed by atoms with E-state index in [4.69, 9.17) is 9.47 Å². The molecular weight excluding hydrogens is 366 g/mol. The summed E-state index contributed by atoms with van der Waals surface area (Å²) < 4.78 is 12.2. The summed E-state index contributed by atoms with van der Waals surface area (Å²) in [5.74, 6) is 1.06. The number of carbonyl (C=O) groups excluding carboxylic acids is 2. The van der Waals surface area contributed by atoms with Gasteiger partial charge in [0.25, 0.3) is 0 Å². The van der Waals surface area contributed by atoms with Crippen molar-refractivity contribution in [2.45, 2.75) is 77.6 Å². The molecule has 1 saturated heterocycles. The minimum absolute atomic E-state index is 0.0517. The molecule has 0 aromatic rings. The van der Waals surface area contributed by atoms with E-state index in [0.717, 1.165) is 25.7 Å². The molecule has 1 amide bonds. The van der Waals surface area contributed by atoms with E-state index in [1.165, 1.54) is 5.57 Å². The molecule has 0 bridgehead atoms. The molecule has 1 heterocycles. The Bertz CT molecular complexity index is 778. The minimum atomic E-state index is -0.785. The minimum Gasteiger partial charge on any atom is -0.444 e.